The lowest BCUT2D eigenvalue weighted by Crippen LogP contribution is -2.29. The highest BCUT2D eigenvalue weighted by atomic mass is 16.5. The fourth-order valence-electron chi connectivity index (χ4n) is 3.63. The number of pyridine rings is 1. The predicted molar refractivity (Wildman–Crippen MR) is 98.2 cm³/mol. The molecular formula is C20H21N3O3. The van der Waals surface area contributed by atoms with Gasteiger partial charge >= 0.3 is 0 Å². The number of fused-ring (bicyclic) bond motifs is 1. The first kappa shape index (κ1) is 16.6. The van der Waals surface area contributed by atoms with Crippen LogP contribution in [-0.2, 0) is 6.42 Å². The first-order valence-corrected chi connectivity index (χ1v) is 8.67. The number of likely N-dealkylation sites (tertiary alicyclic amines) is 1. The molecule has 1 amide bonds. The van der Waals surface area contributed by atoms with E-state index in [4.69, 9.17) is 4.74 Å². The van der Waals surface area contributed by atoms with Gasteiger partial charge in [-0.2, -0.15) is 0 Å². The van der Waals surface area contributed by atoms with Gasteiger partial charge in [0, 0.05) is 42.3 Å². The minimum atomic E-state index is -0.522. The molecular weight excluding hydrogens is 330 g/mol. The predicted octanol–water partition coefficient (Wildman–Crippen LogP) is 2.25. The molecule has 3 heterocycles. The zero-order valence-corrected chi connectivity index (χ0v) is 14.6. The molecule has 134 valence electrons. The van der Waals surface area contributed by atoms with E-state index in [0.717, 1.165) is 28.6 Å². The van der Waals surface area contributed by atoms with Crippen LogP contribution < -0.4 is 4.74 Å². The smallest absolute Gasteiger partial charge is 0.270 e. The summed E-state index contributed by atoms with van der Waals surface area (Å²) in [5.74, 6) is 0.662. The molecule has 2 atom stereocenters. The van der Waals surface area contributed by atoms with E-state index in [1.807, 2.05) is 36.4 Å². The van der Waals surface area contributed by atoms with Gasteiger partial charge in [0.2, 0.25) is 0 Å². The zero-order valence-electron chi connectivity index (χ0n) is 14.6. The number of amides is 1. The number of aliphatic hydroxyl groups excluding tert-OH is 1. The molecule has 26 heavy (non-hydrogen) atoms. The Hall–Kier alpha value is -2.86. The number of aromatic amines is 1. The third kappa shape index (κ3) is 3.04. The van der Waals surface area contributed by atoms with Crippen molar-refractivity contribution in [2.45, 2.75) is 12.5 Å². The molecule has 0 unspecified atom stereocenters. The van der Waals surface area contributed by atoms with Crippen LogP contribution in [0.15, 0.2) is 48.8 Å². The summed E-state index contributed by atoms with van der Waals surface area (Å²) < 4.78 is 5.36. The van der Waals surface area contributed by atoms with E-state index in [-0.39, 0.29) is 11.8 Å². The molecule has 0 spiro atoms. The summed E-state index contributed by atoms with van der Waals surface area (Å²) >= 11 is 0. The molecule has 1 aliphatic rings. The van der Waals surface area contributed by atoms with Crippen LogP contribution in [-0.4, -0.2) is 52.2 Å². The maximum Gasteiger partial charge on any atom is 0.270 e. The largest absolute Gasteiger partial charge is 0.496 e. The highest BCUT2D eigenvalue weighted by molar-refractivity contribution is 5.99. The van der Waals surface area contributed by atoms with Gasteiger partial charge in [-0.05, 0) is 42.3 Å². The van der Waals surface area contributed by atoms with Crippen molar-refractivity contribution in [3.05, 3.63) is 60.0 Å². The average Bonchev–Trinajstić information content (AvgIpc) is 3.26. The number of nitrogens with zero attached hydrogens (tertiary/aromatic N) is 2. The number of carbonyl (C=O) groups is 1. The number of aliphatic hydroxyl groups is 1. The summed E-state index contributed by atoms with van der Waals surface area (Å²) in [5, 5.41) is 11.3. The number of benzene rings is 1. The van der Waals surface area contributed by atoms with Crippen LogP contribution in [0.25, 0.3) is 10.9 Å². The van der Waals surface area contributed by atoms with Crippen molar-refractivity contribution in [1.82, 2.24) is 14.9 Å². The highest BCUT2D eigenvalue weighted by Crippen LogP contribution is 2.28. The summed E-state index contributed by atoms with van der Waals surface area (Å²) in [6, 6.07) is 11.4. The molecule has 1 aromatic carbocycles. The summed E-state index contributed by atoms with van der Waals surface area (Å²) in [7, 11) is 1.61. The van der Waals surface area contributed by atoms with E-state index in [1.165, 1.54) is 0 Å². The minimum Gasteiger partial charge on any atom is -0.496 e. The number of β-amino-alcohol motifs (C(OH)–C–C–N with tert-alkyl or cyclic N) is 1. The molecule has 0 saturated carbocycles. The lowest BCUT2D eigenvalue weighted by atomic mass is 9.97. The third-order valence-corrected chi connectivity index (χ3v) is 5.02. The fourth-order valence-corrected chi connectivity index (χ4v) is 3.63. The Labute approximate surface area is 151 Å². The maximum atomic E-state index is 12.9. The van der Waals surface area contributed by atoms with Crippen LogP contribution in [0.1, 0.15) is 16.1 Å². The monoisotopic (exact) mass is 351 g/mol. The Bertz CT molecular complexity index is 922. The molecule has 4 rings (SSSR count). The number of aromatic nitrogens is 2. The highest BCUT2D eigenvalue weighted by Gasteiger charge is 2.34. The van der Waals surface area contributed by atoms with Gasteiger partial charge in [0.25, 0.3) is 5.91 Å². The molecule has 6 nitrogen and oxygen atoms in total. The number of hydrogen-bond acceptors (Lipinski definition) is 4. The number of methoxy groups -OCH3 is 1. The first-order valence-electron chi connectivity index (χ1n) is 8.67. The Balaban J connectivity index is 1.52. The zero-order chi connectivity index (χ0) is 18.1. The maximum absolute atomic E-state index is 12.9. The molecule has 1 aliphatic heterocycles. The van der Waals surface area contributed by atoms with Crippen LogP contribution >= 0.6 is 0 Å². The van der Waals surface area contributed by atoms with Crippen LogP contribution in [0, 0.1) is 5.92 Å². The normalized spacial score (nSPS) is 19.8. The summed E-state index contributed by atoms with van der Waals surface area (Å²) in [6.45, 7) is 0.885. The standard InChI is InChI=1S/C20H21N3O3/c1-26-19-4-2-3-16-15(19)10-17(22-16)20(25)23-11-14(18(24)12-23)9-13-5-7-21-8-6-13/h2-8,10,14,18,22,24H,9,11-12H2,1H3/t14-,18+/m1/s1. The van der Waals surface area contributed by atoms with E-state index in [9.17, 15) is 9.90 Å². The Morgan fingerprint density at radius 2 is 2.12 bits per heavy atom. The van der Waals surface area contributed by atoms with Gasteiger partial charge in [0.05, 0.1) is 13.2 Å². The van der Waals surface area contributed by atoms with Gasteiger partial charge < -0.3 is 19.7 Å². The van der Waals surface area contributed by atoms with Crippen LogP contribution in [0.5, 0.6) is 5.75 Å². The minimum absolute atomic E-state index is 0.0280. The van der Waals surface area contributed by atoms with Crippen LogP contribution in [0.2, 0.25) is 0 Å². The van der Waals surface area contributed by atoms with Crippen molar-refractivity contribution in [1.29, 1.82) is 0 Å². The molecule has 1 fully saturated rings. The first-order chi connectivity index (χ1) is 12.7. The Morgan fingerprint density at radius 3 is 2.88 bits per heavy atom. The molecule has 2 aromatic heterocycles. The molecule has 0 bridgehead atoms. The van der Waals surface area contributed by atoms with Crippen molar-refractivity contribution in [2.24, 2.45) is 5.92 Å². The SMILES string of the molecule is COc1cccc2[nH]c(C(=O)N3C[C@@H](Cc4ccncc4)[C@@H](O)C3)cc12. The molecule has 0 aliphatic carbocycles. The number of nitrogens with one attached hydrogen (secondary N) is 1. The Kier molecular flexibility index (Phi) is 4.34. The third-order valence-electron chi connectivity index (χ3n) is 5.02. The summed E-state index contributed by atoms with van der Waals surface area (Å²) in [6.07, 6.45) is 3.70. The molecule has 1 saturated heterocycles. The van der Waals surface area contributed by atoms with Gasteiger partial charge in [-0.1, -0.05) is 6.07 Å². The van der Waals surface area contributed by atoms with Crippen LogP contribution in [0.4, 0.5) is 0 Å². The average molecular weight is 351 g/mol. The lowest BCUT2D eigenvalue weighted by molar-refractivity contribution is 0.0760. The van der Waals surface area contributed by atoms with E-state index < -0.39 is 6.10 Å². The molecule has 3 aromatic rings. The van der Waals surface area contributed by atoms with E-state index >= 15 is 0 Å². The topological polar surface area (TPSA) is 78.5 Å². The van der Waals surface area contributed by atoms with Gasteiger partial charge in [0.15, 0.2) is 0 Å². The van der Waals surface area contributed by atoms with Crippen LogP contribution in [0.3, 0.4) is 0 Å². The van der Waals surface area contributed by atoms with E-state index in [1.54, 1.807) is 24.4 Å². The molecule has 0 radical (unpaired) electrons. The lowest BCUT2D eigenvalue weighted by Gasteiger charge is -2.15. The Morgan fingerprint density at radius 1 is 1.31 bits per heavy atom. The van der Waals surface area contributed by atoms with Crippen molar-refractivity contribution in [2.75, 3.05) is 20.2 Å². The second kappa shape index (κ2) is 6.80. The quantitative estimate of drug-likeness (QED) is 0.756. The van der Waals surface area contributed by atoms with Gasteiger partial charge in [-0.3, -0.25) is 9.78 Å². The molecule has 6 heteroatoms. The number of ether oxygens (including phenoxy) is 1. The summed E-state index contributed by atoms with van der Waals surface area (Å²) in [4.78, 5) is 21.8. The summed E-state index contributed by atoms with van der Waals surface area (Å²) in [5.41, 5.74) is 2.50. The van der Waals surface area contributed by atoms with Gasteiger partial charge in [-0.25, -0.2) is 0 Å². The van der Waals surface area contributed by atoms with E-state index in [2.05, 4.69) is 9.97 Å². The number of H-pyrrole nitrogens is 1. The van der Waals surface area contributed by atoms with Gasteiger partial charge in [-0.15, -0.1) is 0 Å². The fraction of sp³-hybridized carbons (Fsp3) is 0.300. The number of carbonyl (C=O) groups excluding carboxylic acids is 1. The van der Waals surface area contributed by atoms with E-state index in [0.29, 0.717) is 18.8 Å². The second-order valence-corrected chi connectivity index (χ2v) is 6.70. The van der Waals surface area contributed by atoms with Crippen molar-refractivity contribution < 1.29 is 14.6 Å². The number of rotatable bonds is 4. The number of hydrogen-bond donors (Lipinski definition) is 2. The van der Waals surface area contributed by atoms with Crippen molar-refractivity contribution >= 4 is 16.8 Å². The van der Waals surface area contributed by atoms with Gasteiger partial charge in [0.1, 0.15) is 11.4 Å². The molecule has 2 N–H and O–H groups in total. The van der Waals surface area contributed by atoms with Crippen molar-refractivity contribution in [3.63, 3.8) is 0 Å². The van der Waals surface area contributed by atoms with Crippen molar-refractivity contribution in [3.8, 4) is 5.75 Å². The second-order valence-electron chi connectivity index (χ2n) is 6.70.